The predicted octanol–water partition coefficient (Wildman–Crippen LogP) is 2.61. The van der Waals surface area contributed by atoms with Crippen LogP contribution in [0.2, 0.25) is 0 Å². The van der Waals surface area contributed by atoms with Gasteiger partial charge in [-0.25, -0.2) is 4.57 Å². The van der Waals surface area contributed by atoms with E-state index in [0.717, 1.165) is 19.4 Å². The van der Waals surface area contributed by atoms with Crippen molar-refractivity contribution in [2.75, 3.05) is 20.8 Å². The minimum Gasteiger partial charge on any atom is -0.375 e. The minimum atomic E-state index is -3.43. The van der Waals surface area contributed by atoms with Gasteiger partial charge in [0.05, 0.1) is 6.10 Å². The Labute approximate surface area is 102 Å². The smallest absolute Gasteiger partial charge is 0.375 e. The Morgan fingerprint density at radius 1 is 1.35 bits per heavy atom. The lowest BCUT2D eigenvalue weighted by molar-refractivity contribution is -0.104. The maximum Gasteiger partial charge on any atom is 0.474 e. The third kappa shape index (κ3) is 2.20. The second-order valence-corrected chi connectivity index (χ2v) is 6.98. The largest absolute Gasteiger partial charge is 0.474 e. The second-order valence-electron chi connectivity index (χ2n) is 5.14. The van der Waals surface area contributed by atoms with Crippen LogP contribution in [-0.2, 0) is 22.9 Å². The Balaban J connectivity index is 2.19. The van der Waals surface area contributed by atoms with Gasteiger partial charge in [-0.3, -0.25) is 13.6 Å². The van der Waals surface area contributed by atoms with Crippen molar-refractivity contribution in [3.8, 4) is 0 Å². The fraction of sp³-hybridized carbons (Fsp3) is 1.00. The molecule has 1 aliphatic heterocycles. The molecule has 6 heteroatoms. The van der Waals surface area contributed by atoms with Crippen LogP contribution in [0, 0.1) is 11.3 Å². The Kier molecular flexibility index (Phi) is 3.68. The van der Waals surface area contributed by atoms with E-state index in [0.29, 0.717) is 5.92 Å². The number of ether oxygens (including phenoxy) is 1. The molecule has 1 heterocycles. The third-order valence-electron chi connectivity index (χ3n) is 4.36. The van der Waals surface area contributed by atoms with Crippen molar-refractivity contribution >= 4 is 7.82 Å². The van der Waals surface area contributed by atoms with Crippen LogP contribution < -0.4 is 0 Å². The van der Waals surface area contributed by atoms with Gasteiger partial charge < -0.3 is 4.74 Å². The number of phosphoric acid groups is 1. The maximum atomic E-state index is 12.1. The lowest BCUT2D eigenvalue weighted by atomic mass is 9.76. The molecule has 0 N–H and O–H groups in total. The molecule has 0 amide bonds. The molecule has 2 aliphatic rings. The number of hydrogen-bond donors (Lipinski definition) is 0. The Morgan fingerprint density at radius 3 is 2.53 bits per heavy atom. The summed E-state index contributed by atoms with van der Waals surface area (Å²) < 4.78 is 33.1. The number of rotatable bonds is 4. The van der Waals surface area contributed by atoms with Gasteiger partial charge >= 0.3 is 7.82 Å². The van der Waals surface area contributed by atoms with Crippen molar-refractivity contribution in [1.29, 1.82) is 0 Å². The number of hydrogen-bond acceptors (Lipinski definition) is 5. The zero-order valence-corrected chi connectivity index (χ0v) is 11.7. The molecule has 1 saturated heterocycles. The zero-order valence-electron chi connectivity index (χ0n) is 10.8. The minimum absolute atomic E-state index is 0.00220. The SMILES string of the molecule is COP(=O)(OC)OC1C2C[C@@H](C)[C@@]1(C)CCO2. The van der Waals surface area contributed by atoms with Crippen molar-refractivity contribution in [3.63, 3.8) is 0 Å². The molecule has 0 aromatic carbocycles. The fourth-order valence-electron chi connectivity index (χ4n) is 2.91. The molecule has 2 unspecified atom stereocenters. The summed E-state index contributed by atoms with van der Waals surface area (Å²) >= 11 is 0. The zero-order chi connectivity index (χ0) is 12.7. The van der Waals surface area contributed by atoms with Gasteiger partial charge in [0, 0.05) is 26.2 Å². The molecule has 1 saturated carbocycles. The molecule has 0 spiro atoms. The quantitative estimate of drug-likeness (QED) is 0.730. The standard InChI is InChI=1S/C11H21O5P/c1-8-7-9-10(11(8,2)5-6-15-9)16-17(12,13-3)14-4/h8-10H,5-7H2,1-4H3/t8-,9?,10?,11-/m1/s1. The summed E-state index contributed by atoms with van der Waals surface area (Å²) in [5.74, 6) is 0.488. The Morgan fingerprint density at radius 2 is 2.00 bits per heavy atom. The Bertz CT molecular complexity index is 326. The van der Waals surface area contributed by atoms with E-state index in [2.05, 4.69) is 13.8 Å². The van der Waals surface area contributed by atoms with E-state index in [9.17, 15) is 4.57 Å². The Hall–Kier alpha value is 0.0700. The summed E-state index contributed by atoms with van der Waals surface area (Å²) in [4.78, 5) is 0. The molecule has 100 valence electrons. The highest BCUT2D eigenvalue weighted by molar-refractivity contribution is 7.48. The van der Waals surface area contributed by atoms with Crippen LogP contribution in [0.15, 0.2) is 0 Å². The highest BCUT2D eigenvalue weighted by Crippen LogP contribution is 2.58. The first-order valence-corrected chi connectivity index (χ1v) is 7.43. The van der Waals surface area contributed by atoms with Crippen LogP contribution >= 0.6 is 7.82 Å². The van der Waals surface area contributed by atoms with Gasteiger partial charge in [-0.15, -0.1) is 0 Å². The van der Waals surface area contributed by atoms with Crippen LogP contribution in [0.1, 0.15) is 26.7 Å². The van der Waals surface area contributed by atoms with Gasteiger partial charge in [0.1, 0.15) is 6.10 Å². The highest BCUT2D eigenvalue weighted by Gasteiger charge is 2.56. The molecule has 1 aliphatic carbocycles. The summed E-state index contributed by atoms with van der Waals surface area (Å²) in [5.41, 5.74) is -0.00433. The van der Waals surface area contributed by atoms with Gasteiger partial charge in [0.15, 0.2) is 0 Å². The topological polar surface area (TPSA) is 54.0 Å². The summed E-state index contributed by atoms with van der Waals surface area (Å²) in [6, 6.07) is 0. The first-order chi connectivity index (χ1) is 7.95. The predicted molar refractivity (Wildman–Crippen MR) is 62.7 cm³/mol. The van der Waals surface area contributed by atoms with Crippen molar-refractivity contribution in [2.45, 2.75) is 38.9 Å². The molecular weight excluding hydrogens is 243 g/mol. The van der Waals surface area contributed by atoms with E-state index in [1.807, 2.05) is 0 Å². The van der Waals surface area contributed by atoms with Gasteiger partial charge in [-0.2, -0.15) is 0 Å². The van der Waals surface area contributed by atoms with Crippen LogP contribution in [0.25, 0.3) is 0 Å². The van der Waals surface area contributed by atoms with Crippen molar-refractivity contribution in [2.24, 2.45) is 11.3 Å². The average molecular weight is 264 g/mol. The van der Waals surface area contributed by atoms with Crippen molar-refractivity contribution in [3.05, 3.63) is 0 Å². The summed E-state index contributed by atoms with van der Waals surface area (Å²) in [5, 5.41) is 0. The molecule has 0 aromatic rings. The fourth-order valence-corrected chi connectivity index (χ4v) is 3.88. The van der Waals surface area contributed by atoms with Gasteiger partial charge in [-0.1, -0.05) is 13.8 Å². The van der Waals surface area contributed by atoms with Crippen molar-refractivity contribution in [1.82, 2.24) is 0 Å². The third-order valence-corrected chi connectivity index (χ3v) is 5.74. The molecule has 5 nitrogen and oxygen atoms in total. The molecule has 2 bridgehead atoms. The first-order valence-electron chi connectivity index (χ1n) is 5.96. The molecule has 17 heavy (non-hydrogen) atoms. The maximum absolute atomic E-state index is 12.1. The van der Waals surface area contributed by atoms with Gasteiger partial charge in [0.25, 0.3) is 0 Å². The van der Waals surface area contributed by atoms with E-state index < -0.39 is 7.82 Å². The van der Waals surface area contributed by atoms with Crippen LogP contribution in [0.5, 0.6) is 0 Å². The van der Waals surface area contributed by atoms with Crippen molar-refractivity contribution < 1.29 is 22.9 Å². The summed E-state index contributed by atoms with van der Waals surface area (Å²) in [7, 11) is -0.764. The molecule has 4 atom stereocenters. The molecule has 0 radical (unpaired) electrons. The normalized spacial score (nSPS) is 41.8. The van der Waals surface area contributed by atoms with E-state index in [-0.39, 0.29) is 17.6 Å². The van der Waals surface area contributed by atoms with Crippen LogP contribution in [0.4, 0.5) is 0 Å². The van der Waals surface area contributed by atoms with E-state index in [4.69, 9.17) is 18.3 Å². The summed E-state index contributed by atoms with van der Waals surface area (Å²) in [6.07, 6.45) is 1.65. The summed E-state index contributed by atoms with van der Waals surface area (Å²) in [6.45, 7) is 5.10. The van der Waals surface area contributed by atoms with Gasteiger partial charge in [-0.05, 0) is 18.8 Å². The number of phosphoric ester groups is 1. The highest BCUT2D eigenvalue weighted by atomic mass is 31.2. The molecular formula is C11H21O5P. The lowest BCUT2D eigenvalue weighted by Crippen LogP contribution is -2.43. The lowest BCUT2D eigenvalue weighted by Gasteiger charge is -2.40. The van der Waals surface area contributed by atoms with E-state index in [1.165, 1.54) is 14.2 Å². The molecule has 2 fully saturated rings. The molecule has 2 rings (SSSR count). The number of fused-ring (bicyclic) bond motifs is 2. The second kappa shape index (κ2) is 4.63. The van der Waals surface area contributed by atoms with E-state index >= 15 is 0 Å². The van der Waals surface area contributed by atoms with E-state index in [1.54, 1.807) is 0 Å². The van der Waals surface area contributed by atoms with Crippen LogP contribution in [0.3, 0.4) is 0 Å². The average Bonchev–Trinajstić information content (AvgIpc) is 2.46. The molecule has 0 aromatic heterocycles. The van der Waals surface area contributed by atoms with Gasteiger partial charge in [0.2, 0.25) is 0 Å². The monoisotopic (exact) mass is 264 g/mol. The van der Waals surface area contributed by atoms with Crippen LogP contribution in [-0.4, -0.2) is 33.0 Å². The first kappa shape index (κ1) is 13.5.